The van der Waals surface area contributed by atoms with Crippen molar-refractivity contribution in [3.63, 3.8) is 0 Å². The van der Waals surface area contributed by atoms with Crippen LogP contribution < -0.4 is 22.1 Å². The fourth-order valence-corrected chi connectivity index (χ4v) is 3.95. The van der Waals surface area contributed by atoms with Gasteiger partial charge in [-0.1, -0.05) is 41.4 Å². The zero-order valence-corrected chi connectivity index (χ0v) is 22.8. The highest BCUT2D eigenvalue weighted by molar-refractivity contribution is 6.31. The Labute approximate surface area is 236 Å². The molecule has 4 N–H and O–H groups in total. The summed E-state index contributed by atoms with van der Waals surface area (Å²) < 4.78 is 40.4. The molecule has 0 bridgehead atoms. The van der Waals surface area contributed by atoms with Gasteiger partial charge in [0.1, 0.15) is 18.1 Å². The van der Waals surface area contributed by atoms with Gasteiger partial charge in [0.15, 0.2) is 5.82 Å². The second-order valence-electron chi connectivity index (χ2n) is 9.29. The zero-order chi connectivity index (χ0) is 29.8. The Morgan fingerprint density at radius 3 is 2.25 bits per heavy atom. The number of benzene rings is 2. The molecule has 3 amide bonds. The lowest BCUT2D eigenvalue weighted by molar-refractivity contribution is -0.136. The maximum atomic E-state index is 13.1. The van der Waals surface area contributed by atoms with Crippen LogP contribution in [-0.2, 0) is 27.5 Å². The molecule has 0 fully saturated rings. The van der Waals surface area contributed by atoms with Gasteiger partial charge in [-0.25, -0.2) is 9.48 Å². The zero-order valence-electron chi connectivity index (χ0n) is 21.3. The van der Waals surface area contributed by atoms with Crippen LogP contribution in [0.25, 0.3) is 11.4 Å². The summed E-state index contributed by atoms with van der Waals surface area (Å²) in [6, 6.07) is 10.6. The number of nitrogens with zero attached hydrogens (tertiary/aromatic N) is 3. The first-order valence-electron chi connectivity index (χ1n) is 11.7. The average molecular weight is 601 g/mol. The summed E-state index contributed by atoms with van der Waals surface area (Å²) >= 11 is 12.1. The van der Waals surface area contributed by atoms with Crippen molar-refractivity contribution in [2.24, 2.45) is 5.73 Å². The molecule has 1 unspecified atom stereocenters. The Kier molecular flexibility index (Phi) is 9.31. The second-order valence-corrected chi connectivity index (χ2v) is 10.1. The van der Waals surface area contributed by atoms with Crippen molar-refractivity contribution in [1.82, 2.24) is 25.0 Å². The lowest BCUT2D eigenvalue weighted by Crippen LogP contribution is -2.56. The average Bonchev–Trinajstić information content (AvgIpc) is 3.16. The second kappa shape index (κ2) is 12.1. The number of alkyl halides is 3. The van der Waals surface area contributed by atoms with Crippen molar-refractivity contribution in [3.8, 4) is 11.4 Å². The van der Waals surface area contributed by atoms with E-state index in [1.165, 1.54) is 50.2 Å². The molecule has 1 aromatic heterocycles. The van der Waals surface area contributed by atoms with Crippen LogP contribution in [0.15, 0.2) is 53.3 Å². The molecule has 0 spiro atoms. The topological polar surface area (TPSA) is 141 Å². The summed E-state index contributed by atoms with van der Waals surface area (Å²) in [7, 11) is 0. The number of amides is 3. The highest BCUT2D eigenvalue weighted by Crippen LogP contribution is 2.25. The molecular formula is C25H25Cl2F3N6O4. The molecule has 10 nitrogen and oxygen atoms in total. The molecule has 0 saturated heterocycles. The van der Waals surface area contributed by atoms with Gasteiger partial charge in [0.25, 0.3) is 0 Å². The van der Waals surface area contributed by atoms with E-state index >= 15 is 0 Å². The van der Waals surface area contributed by atoms with Crippen molar-refractivity contribution in [2.45, 2.75) is 51.1 Å². The van der Waals surface area contributed by atoms with E-state index < -0.39 is 60.7 Å². The first kappa shape index (κ1) is 30.7. The molecule has 3 aromatic rings. The van der Waals surface area contributed by atoms with Gasteiger partial charge in [0, 0.05) is 27.7 Å². The number of carbonyl (C=O) groups excluding carboxylic acids is 3. The maximum Gasteiger partial charge on any atom is 0.390 e. The molecule has 0 aliphatic carbocycles. The van der Waals surface area contributed by atoms with Crippen molar-refractivity contribution < 1.29 is 27.6 Å². The Morgan fingerprint density at radius 1 is 1.05 bits per heavy atom. The third kappa shape index (κ3) is 7.63. The quantitative estimate of drug-likeness (QED) is 0.328. The van der Waals surface area contributed by atoms with E-state index in [-0.39, 0.29) is 16.4 Å². The van der Waals surface area contributed by atoms with Crippen molar-refractivity contribution in [2.75, 3.05) is 0 Å². The number of rotatable bonds is 10. The van der Waals surface area contributed by atoms with E-state index in [1.54, 1.807) is 12.1 Å². The number of primary amides is 1. The minimum absolute atomic E-state index is 0.109. The minimum Gasteiger partial charge on any atom is -0.368 e. The normalized spacial score (nSPS) is 12.6. The van der Waals surface area contributed by atoms with E-state index in [0.29, 0.717) is 15.3 Å². The summed E-state index contributed by atoms with van der Waals surface area (Å²) in [6.07, 6.45) is -5.86. The smallest absolute Gasteiger partial charge is 0.368 e. The minimum atomic E-state index is -4.55. The van der Waals surface area contributed by atoms with Gasteiger partial charge >= 0.3 is 11.9 Å². The molecular weight excluding hydrogens is 576 g/mol. The van der Waals surface area contributed by atoms with Gasteiger partial charge in [-0.2, -0.15) is 13.2 Å². The fourth-order valence-electron chi connectivity index (χ4n) is 3.57. The number of hydrogen-bond donors (Lipinski definition) is 3. The van der Waals surface area contributed by atoms with E-state index in [2.05, 4.69) is 15.7 Å². The predicted octanol–water partition coefficient (Wildman–Crippen LogP) is 3.21. The Bertz CT molecular complexity index is 1470. The number of hydrogen-bond acceptors (Lipinski definition) is 5. The van der Waals surface area contributed by atoms with Crippen LogP contribution in [0.4, 0.5) is 13.2 Å². The summed E-state index contributed by atoms with van der Waals surface area (Å²) in [5.74, 6) is -2.66. The van der Waals surface area contributed by atoms with E-state index in [1.807, 2.05) is 0 Å². The highest BCUT2D eigenvalue weighted by Gasteiger charge is 2.33. The van der Waals surface area contributed by atoms with Gasteiger partial charge in [-0.05, 0) is 44.2 Å². The van der Waals surface area contributed by atoms with Crippen LogP contribution >= 0.6 is 23.2 Å². The Balaban J connectivity index is 1.94. The number of nitrogens with two attached hydrogens (primary N) is 1. The standard InChI is InChI=1S/C25H25Cl2F3N6O4/c1-24(2,22(31)39)33-21(38)19(16-5-3-4-6-17(16)27)32-18(37)13-36-23(40)35(12-11-25(28,29)30)20(34-36)14-7-9-15(26)10-8-14/h3-10,19H,11-13H2,1-2H3,(H2,31,39)(H,32,37)(H,33,38). The van der Waals surface area contributed by atoms with Gasteiger partial charge in [0.2, 0.25) is 17.7 Å². The number of aromatic nitrogens is 3. The first-order chi connectivity index (χ1) is 18.6. The largest absolute Gasteiger partial charge is 0.390 e. The summed E-state index contributed by atoms with van der Waals surface area (Å²) in [4.78, 5) is 50.9. The predicted molar refractivity (Wildman–Crippen MR) is 141 cm³/mol. The van der Waals surface area contributed by atoms with Gasteiger partial charge < -0.3 is 16.4 Å². The lowest BCUT2D eigenvalue weighted by atomic mass is 10.0. The summed E-state index contributed by atoms with van der Waals surface area (Å²) in [5, 5.41) is 9.45. The van der Waals surface area contributed by atoms with Crippen LogP contribution in [0.1, 0.15) is 31.9 Å². The molecule has 0 aliphatic heterocycles. The molecule has 214 valence electrons. The maximum absolute atomic E-state index is 13.1. The molecule has 2 aromatic carbocycles. The lowest BCUT2D eigenvalue weighted by Gasteiger charge is -2.27. The third-order valence-corrected chi connectivity index (χ3v) is 6.37. The molecule has 0 radical (unpaired) electrons. The fraction of sp³-hybridized carbons (Fsp3) is 0.320. The molecule has 1 heterocycles. The number of carbonyl (C=O) groups is 3. The van der Waals surface area contributed by atoms with Crippen molar-refractivity contribution in [3.05, 3.63) is 74.6 Å². The monoisotopic (exact) mass is 600 g/mol. The number of nitrogens with one attached hydrogen (secondary N) is 2. The molecule has 40 heavy (non-hydrogen) atoms. The Hall–Kier alpha value is -3.84. The number of halogens is 5. The summed E-state index contributed by atoms with van der Waals surface area (Å²) in [6.45, 7) is 1.24. The van der Waals surface area contributed by atoms with Crippen molar-refractivity contribution in [1.29, 1.82) is 0 Å². The molecule has 0 aliphatic rings. The SMILES string of the molecule is CC(C)(NC(=O)C(NC(=O)Cn1nc(-c2ccc(Cl)cc2)n(CCC(F)(F)F)c1=O)c1ccccc1Cl)C(N)=O. The van der Waals surface area contributed by atoms with Crippen LogP contribution in [0.2, 0.25) is 10.0 Å². The molecule has 1 atom stereocenters. The third-order valence-electron chi connectivity index (χ3n) is 5.77. The Morgan fingerprint density at radius 2 is 1.68 bits per heavy atom. The van der Waals surface area contributed by atoms with Crippen LogP contribution in [0.3, 0.4) is 0 Å². The van der Waals surface area contributed by atoms with E-state index in [0.717, 1.165) is 4.57 Å². The van der Waals surface area contributed by atoms with Crippen LogP contribution in [-0.4, -0.2) is 43.8 Å². The molecule has 0 saturated carbocycles. The van der Waals surface area contributed by atoms with Crippen LogP contribution in [0.5, 0.6) is 0 Å². The van der Waals surface area contributed by atoms with Crippen molar-refractivity contribution >= 4 is 40.9 Å². The van der Waals surface area contributed by atoms with Crippen LogP contribution in [0, 0.1) is 0 Å². The molecule has 3 rings (SSSR count). The molecule has 15 heteroatoms. The van der Waals surface area contributed by atoms with Gasteiger partial charge in [-0.3, -0.25) is 19.0 Å². The van der Waals surface area contributed by atoms with Gasteiger partial charge in [0.05, 0.1) is 6.42 Å². The highest BCUT2D eigenvalue weighted by atomic mass is 35.5. The summed E-state index contributed by atoms with van der Waals surface area (Å²) in [5.41, 5.74) is 3.36. The van der Waals surface area contributed by atoms with Gasteiger partial charge in [-0.15, -0.1) is 5.10 Å². The van der Waals surface area contributed by atoms with E-state index in [4.69, 9.17) is 28.9 Å². The van der Waals surface area contributed by atoms with E-state index in [9.17, 15) is 32.3 Å². The first-order valence-corrected chi connectivity index (χ1v) is 12.5.